The van der Waals surface area contributed by atoms with E-state index in [0.717, 1.165) is 44.6 Å². The van der Waals surface area contributed by atoms with Gasteiger partial charge in [0.25, 0.3) is 0 Å². The van der Waals surface area contributed by atoms with Crippen molar-refractivity contribution in [3.8, 4) is 0 Å². The molecule has 21 heavy (non-hydrogen) atoms. The molecule has 3 nitrogen and oxygen atoms in total. The van der Waals surface area contributed by atoms with Crippen molar-refractivity contribution < 1.29 is 13.2 Å². The maximum absolute atomic E-state index is 12.7. The highest BCUT2D eigenvalue weighted by Crippen LogP contribution is 2.32. The van der Waals surface area contributed by atoms with E-state index in [2.05, 4.69) is 22.1 Å². The average molecular weight is 322 g/mol. The molecule has 2 heterocycles. The lowest BCUT2D eigenvalue weighted by Gasteiger charge is -2.31. The molecule has 0 aliphatic carbocycles. The first kappa shape index (κ1) is 16.4. The number of anilines is 1. The Morgan fingerprint density at radius 1 is 1.33 bits per heavy atom. The molecule has 0 bridgehead atoms. The van der Waals surface area contributed by atoms with Crippen LogP contribution in [0, 0.1) is 5.92 Å². The van der Waals surface area contributed by atoms with Crippen LogP contribution in [0.1, 0.15) is 25.3 Å². The van der Waals surface area contributed by atoms with Crippen LogP contribution in [0.3, 0.4) is 0 Å². The van der Waals surface area contributed by atoms with Gasteiger partial charge in [-0.25, -0.2) is 4.98 Å². The number of piperidine rings is 1. The smallest absolute Gasteiger partial charge is 0.370 e. The molecule has 0 saturated carbocycles. The molecule has 2 rings (SSSR count). The van der Waals surface area contributed by atoms with Gasteiger partial charge in [-0.2, -0.15) is 13.2 Å². The van der Waals surface area contributed by atoms with Crippen LogP contribution in [0.2, 0.25) is 5.15 Å². The molecular weight excluding hydrogens is 303 g/mol. The maximum atomic E-state index is 12.7. The zero-order valence-electron chi connectivity index (χ0n) is 11.9. The lowest BCUT2D eigenvalue weighted by molar-refractivity contribution is -0.137. The average Bonchev–Trinajstić information content (AvgIpc) is 2.44. The largest absolute Gasteiger partial charge is 0.416 e. The lowest BCUT2D eigenvalue weighted by atomic mass is 9.97. The predicted octanol–water partition coefficient (Wildman–Crippen LogP) is 3.90. The number of nitrogens with one attached hydrogen (secondary N) is 1. The molecule has 0 unspecified atom stereocenters. The van der Waals surface area contributed by atoms with Gasteiger partial charge in [0, 0.05) is 6.54 Å². The summed E-state index contributed by atoms with van der Waals surface area (Å²) >= 11 is 5.66. The van der Waals surface area contributed by atoms with Gasteiger partial charge in [-0.1, -0.05) is 18.5 Å². The molecule has 0 amide bonds. The molecule has 1 fully saturated rings. The summed E-state index contributed by atoms with van der Waals surface area (Å²) in [5, 5.41) is 2.84. The lowest BCUT2D eigenvalue weighted by Crippen LogP contribution is -2.35. The number of pyridine rings is 1. The molecule has 1 aliphatic heterocycles. The van der Waals surface area contributed by atoms with Crippen LogP contribution in [0.5, 0.6) is 0 Å². The molecule has 1 N–H and O–H groups in total. The van der Waals surface area contributed by atoms with E-state index in [-0.39, 0.29) is 11.0 Å². The molecule has 1 aromatic rings. The van der Waals surface area contributed by atoms with E-state index < -0.39 is 11.7 Å². The number of aromatic nitrogens is 1. The first-order chi connectivity index (χ1) is 9.88. The Labute approximate surface area is 127 Å². The molecule has 0 aromatic carbocycles. The fraction of sp³-hybridized carbons (Fsp3) is 0.643. The maximum Gasteiger partial charge on any atom is 0.416 e. The summed E-state index contributed by atoms with van der Waals surface area (Å²) in [6, 6.07) is 1.85. The number of halogens is 4. The zero-order chi connectivity index (χ0) is 15.5. The Bertz CT molecular complexity index is 471. The quantitative estimate of drug-likeness (QED) is 0.853. The molecule has 0 spiro atoms. The van der Waals surface area contributed by atoms with E-state index in [1.807, 2.05) is 0 Å². The van der Waals surface area contributed by atoms with Crippen LogP contribution in [-0.2, 0) is 6.18 Å². The highest BCUT2D eigenvalue weighted by Gasteiger charge is 2.31. The van der Waals surface area contributed by atoms with E-state index in [1.54, 1.807) is 0 Å². The van der Waals surface area contributed by atoms with Crippen LogP contribution in [0.15, 0.2) is 12.1 Å². The summed E-state index contributed by atoms with van der Waals surface area (Å²) in [4.78, 5) is 6.28. The molecule has 1 aliphatic rings. The number of rotatable bonds is 4. The van der Waals surface area contributed by atoms with Crippen molar-refractivity contribution >= 4 is 17.4 Å². The molecule has 1 aromatic heterocycles. The van der Waals surface area contributed by atoms with Gasteiger partial charge >= 0.3 is 6.18 Å². The van der Waals surface area contributed by atoms with Crippen LogP contribution in [-0.4, -0.2) is 36.1 Å². The van der Waals surface area contributed by atoms with Crippen LogP contribution in [0.25, 0.3) is 0 Å². The second kappa shape index (κ2) is 6.83. The van der Waals surface area contributed by atoms with Crippen LogP contribution >= 0.6 is 11.6 Å². The van der Waals surface area contributed by atoms with E-state index in [9.17, 15) is 13.2 Å². The summed E-state index contributed by atoms with van der Waals surface area (Å²) in [6.45, 7) is 5.89. The monoisotopic (exact) mass is 321 g/mol. The second-order valence-corrected chi connectivity index (χ2v) is 5.71. The molecule has 1 saturated heterocycles. The van der Waals surface area contributed by atoms with E-state index in [0.29, 0.717) is 12.5 Å². The van der Waals surface area contributed by atoms with Gasteiger partial charge in [-0.05, 0) is 50.5 Å². The van der Waals surface area contributed by atoms with Crippen LogP contribution < -0.4 is 5.32 Å². The van der Waals surface area contributed by atoms with E-state index >= 15 is 0 Å². The number of likely N-dealkylation sites (tertiary alicyclic amines) is 1. The van der Waals surface area contributed by atoms with Crippen molar-refractivity contribution in [3.63, 3.8) is 0 Å². The van der Waals surface area contributed by atoms with E-state index in [4.69, 9.17) is 11.6 Å². The minimum atomic E-state index is -4.41. The topological polar surface area (TPSA) is 28.2 Å². The molecule has 7 heteroatoms. The fourth-order valence-electron chi connectivity index (χ4n) is 2.51. The summed E-state index contributed by atoms with van der Waals surface area (Å²) in [7, 11) is 0. The number of hydrogen-bond donors (Lipinski definition) is 1. The third-order valence-electron chi connectivity index (χ3n) is 3.85. The van der Waals surface area contributed by atoms with Gasteiger partial charge in [0.2, 0.25) is 0 Å². The second-order valence-electron chi connectivity index (χ2n) is 5.32. The summed E-state index contributed by atoms with van der Waals surface area (Å²) < 4.78 is 38.1. The Hall–Kier alpha value is -1.01. The Kier molecular flexibility index (Phi) is 5.32. The van der Waals surface area contributed by atoms with Crippen molar-refractivity contribution in [1.29, 1.82) is 0 Å². The van der Waals surface area contributed by atoms with Gasteiger partial charge < -0.3 is 10.2 Å². The third-order valence-corrected chi connectivity index (χ3v) is 4.04. The van der Waals surface area contributed by atoms with Gasteiger partial charge in [-0.3, -0.25) is 0 Å². The predicted molar refractivity (Wildman–Crippen MR) is 77.6 cm³/mol. The van der Waals surface area contributed by atoms with E-state index in [1.165, 1.54) is 0 Å². The van der Waals surface area contributed by atoms with Crippen molar-refractivity contribution in [2.24, 2.45) is 5.92 Å². The Morgan fingerprint density at radius 2 is 2.00 bits per heavy atom. The highest BCUT2D eigenvalue weighted by molar-refractivity contribution is 6.29. The van der Waals surface area contributed by atoms with Crippen LogP contribution in [0.4, 0.5) is 19.0 Å². The van der Waals surface area contributed by atoms with Crippen molar-refractivity contribution in [2.75, 3.05) is 31.5 Å². The summed E-state index contributed by atoms with van der Waals surface area (Å²) in [6.07, 6.45) is -2.31. The van der Waals surface area contributed by atoms with Crippen molar-refractivity contribution in [3.05, 3.63) is 22.8 Å². The third kappa shape index (κ3) is 4.74. The first-order valence-corrected chi connectivity index (χ1v) is 7.47. The fourth-order valence-corrected chi connectivity index (χ4v) is 2.72. The summed E-state index contributed by atoms with van der Waals surface area (Å²) in [5.41, 5.74) is -0.772. The summed E-state index contributed by atoms with van der Waals surface area (Å²) in [5.74, 6) is 0.649. The standard InChI is InChI=1S/C14H19ClF3N3/c1-2-21-5-3-10(4-6-21)9-19-13-8-11(14(16,17)18)7-12(15)20-13/h7-8,10H,2-6,9H2,1H3,(H,19,20). The zero-order valence-corrected chi connectivity index (χ0v) is 12.6. The van der Waals surface area contributed by atoms with Gasteiger partial charge in [-0.15, -0.1) is 0 Å². The Balaban J connectivity index is 1.93. The normalized spacial score (nSPS) is 18.0. The van der Waals surface area contributed by atoms with Gasteiger partial charge in [0.05, 0.1) is 5.56 Å². The van der Waals surface area contributed by atoms with Crippen molar-refractivity contribution in [2.45, 2.75) is 25.9 Å². The molecule has 0 radical (unpaired) electrons. The minimum absolute atomic E-state index is 0.145. The minimum Gasteiger partial charge on any atom is -0.370 e. The molecular formula is C14H19ClF3N3. The molecule has 0 atom stereocenters. The van der Waals surface area contributed by atoms with Gasteiger partial charge in [0.1, 0.15) is 11.0 Å². The Morgan fingerprint density at radius 3 is 2.57 bits per heavy atom. The van der Waals surface area contributed by atoms with Crippen molar-refractivity contribution in [1.82, 2.24) is 9.88 Å². The first-order valence-electron chi connectivity index (χ1n) is 7.09. The highest BCUT2D eigenvalue weighted by atomic mass is 35.5. The number of hydrogen-bond acceptors (Lipinski definition) is 3. The number of nitrogens with zero attached hydrogens (tertiary/aromatic N) is 2. The SMILES string of the molecule is CCN1CCC(CNc2cc(C(F)(F)F)cc(Cl)n2)CC1. The molecule has 118 valence electrons. The van der Waals surface area contributed by atoms with Gasteiger partial charge in [0.15, 0.2) is 0 Å². The number of alkyl halides is 3.